The molecule has 0 amide bonds. The minimum absolute atomic E-state index is 0. The van der Waals surface area contributed by atoms with Crippen molar-refractivity contribution >= 4 is 7.82 Å². The van der Waals surface area contributed by atoms with Crippen LogP contribution in [0.15, 0.2) is 0 Å². The Morgan fingerprint density at radius 1 is 0.731 bits per heavy atom. The van der Waals surface area contributed by atoms with Crippen LogP contribution in [0.2, 0.25) is 0 Å². The fourth-order valence-corrected chi connectivity index (χ4v) is 3.71. The summed E-state index contributed by atoms with van der Waals surface area (Å²) >= 11 is 0. The van der Waals surface area contributed by atoms with Crippen LogP contribution in [0, 0.1) is 5.92 Å². The SMILES string of the molecule is CCOP(=O)([O-])OCCCCCCCCCCCCCCCC(C)C.[K+]. The first-order chi connectivity index (χ1) is 12.0. The molecule has 26 heavy (non-hydrogen) atoms. The maximum absolute atomic E-state index is 11.2. The molecule has 1 atom stereocenters. The van der Waals surface area contributed by atoms with Crippen LogP contribution in [0.3, 0.4) is 0 Å². The van der Waals surface area contributed by atoms with Gasteiger partial charge in [-0.05, 0) is 19.3 Å². The predicted octanol–water partition coefficient (Wildman–Crippen LogP) is 3.63. The largest absolute Gasteiger partial charge is 1.00 e. The van der Waals surface area contributed by atoms with Gasteiger partial charge in [-0.15, -0.1) is 0 Å². The Morgan fingerprint density at radius 3 is 1.50 bits per heavy atom. The van der Waals surface area contributed by atoms with E-state index in [1.807, 2.05) is 0 Å². The zero-order valence-corrected chi connectivity index (χ0v) is 22.0. The van der Waals surface area contributed by atoms with Crippen molar-refractivity contribution in [2.75, 3.05) is 13.2 Å². The maximum Gasteiger partial charge on any atom is 1.00 e. The Bertz CT molecular complexity index is 327. The molecule has 0 saturated heterocycles. The summed E-state index contributed by atoms with van der Waals surface area (Å²) in [4.78, 5) is 11.2. The number of hydrogen-bond acceptors (Lipinski definition) is 4. The normalized spacial score (nSPS) is 13.6. The summed E-state index contributed by atoms with van der Waals surface area (Å²) in [5.41, 5.74) is 0. The third kappa shape index (κ3) is 23.8. The number of hydrogen-bond donors (Lipinski definition) is 0. The summed E-state index contributed by atoms with van der Waals surface area (Å²) in [6.45, 7) is 6.64. The van der Waals surface area contributed by atoms with Crippen molar-refractivity contribution in [1.29, 1.82) is 0 Å². The Kier molecular flexibility index (Phi) is 24.7. The number of unbranched alkanes of at least 4 members (excludes halogenated alkanes) is 12. The first-order valence-corrected chi connectivity index (χ1v) is 12.0. The zero-order valence-electron chi connectivity index (χ0n) is 18.0. The smallest absolute Gasteiger partial charge is 0.756 e. The Morgan fingerprint density at radius 2 is 1.12 bits per heavy atom. The molecule has 4 nitrogen and oxygen atoms in total. The minimum Gasteiger partial charge on any atom is -0.756 e. The zero-order chi connectivity index (χ0) is 18.8. The topological polar surface area (TPSA) is 58.6 Å². The van der Waals surface area contributed by atoms with Crippen LogP contribution >= 0.6 is 7.82 Å². The molecule has 0 aromatic carbocycles. The van der Waals surface area contributed by atoms with Crippen molar-refractivity contribution in [2.24, 2.45) is 5.92 Å². The van der Waals surface area contributed by atoms with Crippen molar-refractivity contribution in [3.05, 3.63) is 0 Å². The van der Waals surface area contributed by atoms with Crippen LogP contribution in [0.4, 0.5) is 0 Å². The molecular weight excluding hydrogens is 374 g/mol. The van der Waals surface area contributed by atoms with E-state index in [1.165, 1.54) is 70.6 Å². The van der Waals surface area contributed by atoms with E-state index in [2.05, 4.69) is 18.4 Å². The average Bonchev–Trinajstić information content (AvgIpc) is 2.54. The van der Waals surface area contributed by atoms with Gasteiger partial charge < -0.3 is 13.9 Å². The van der Waals surface area contributed by atoms with Gasteiger partial charge in [0.2, 0.25) is 0 Å². The summed E-state index contributed by atoms with van der Waals surface area (Å²) in [5, 5.41) is 0. The van der Waals surface area contributed by atoms with Crippen LogP contribution < -0.4 is 56.3 Å². The van der Waals surface area contributed by atoms with Crippen molar-refractivity contribution < 1.29 is 69.9 Å². The molecule has 0 aromatic heterocycles. The minimum atomic E-state index is -4.03. The molecule has 0 saturated carbocycles. The molecule has 0 radical (unpaired) electrons. The van der Waals surface area contributed by atoms with E-state index in [9.17, 15) is 9.46 Å². The molecule has 0 aliphatic carbocycles. The van der Waals surface area contributed by atoms with Crippen LogP contribution in [0.5, 0.6) is 0 Å². The number of phosphoric acid groups is 1. The van der Waals surface area contributed by atoms with E-state index in [0.29, 0.717) is 0 Å². The van der Waals surface area contributed by atoms with Gasteiger partial charge in [-0.25, -0.2) is 0 Å². The van der Waals surface area contributed by atoms with Gasteiger partial charge >= 0.3 is 51.4 Å². The molecule has 0 rings (SSSR count). The van der Waals surface area contributed by atoms with Crippen LogP contribution in [0.25, 0.3) is 0 Å². The third-order valence-corrected chi connectivity index (χ3v) is 5.54. The van der Waals surface area contributed by atoms with Crippen LogP contribution in [-0.4, -0.2) is 13.2 Å². The van der Waals surface area contributed by atoms with Gasteiger partial charge in [0.15, 0.2) is 0 Å². The number of phosphoric ester groups is 1. The van der Waals surface area contributed by atoms with E-state index < -0.39 is 7.82 Å². The molecule has 152 valence electrons. The third-order valence-electron chi connectivity index (χ3n) is 4.46. The fraction of sp³-hybridized carbons (Fsp3) is 1.00. The second kappa shape index (κ2) is 21.5. The Labute approximate surface area is 205 Å². The van der Waals surface area contributed by atoms with E-state index in [1.54, 1.807) is 6.92 Å². The van der Waals surface area contributed by atoms with E-state index in [0.717, 1.165) is 25.2 Å². The van der Waals surface area contributed by atoms with E-state index >= 15 is 0 Å². The van der Waals surface area contributed by atoms with Crippen LogP contribution in [-0.2, 0) is 13.6 Å². The first kappa shape index (κ1) is 29.9. The summed E-state index contributed by atoms with van der Waals surface area (Å²) in [5.74, 6) is 0.857. The van der Waals surface area contributed by atoms with Crippen molar-refractivity contribution in [2.45, 2.75) is 111 Å². The van der Waals surface area contributed by atoms with Gasteiger partial charge in [0.05, 0.1) is 13.2 Å². The molecule has 0 aliphatic heterocycles. The molecule has 0 aromatic rings. The molecule has 0 N–H and O–H groups in total. The van der Waals surface area contributed by atoms with Crippen molar-refractivity contribution in [3.63, 3.8) is 0 Å². The summed E-state index contributed by atoms with van der Waals surface area (Å²) in [7, 11) is -4.03. The van der Waals surface area contributed by atoms with Gasteiger partial charge in [-0.1, -0.05) is 97.3 Å². The standard InChI is InChI=1S/C20H43O4P.K/c1-4-23-25(21,22)24-19-17-15-13-11-9-7-5-6-8-10-12-14-16-18-20(2)3;/h20H,4-19H2,1-3H3,(H,21,22);/q;+1/p-1. The average molecular weight is 417 g/mol. The second-order valence-electron chi connectivity index (χ2n) is 7.48. The van der Waals surface area contributed by atoms with Gasteiger partial charge in [0, 0.05) is 0 Å². The van der Waals surface area contributed by atoms with Crippen molar-refractivity contribution in [1.82, 2.24) is 0 Å². The maximum atomic E-state index is 11.2. The van der Waals surface area contributed by atoms with Gasteiger partial charge in [-0.3, -0.25) is 4.57 Å². The van der Waals surface area contributed by atoms with E-state index in [-0.39, 0.29) is 64.6 Å². The second-order valence-corrected chi connectivity index (χ2v) is 8.89. The summed E-state index contributed by atoms with van der Waals surface area (Å²) < 4.78 is 20.5. The predicted molar refractivity (Wildman–Crippen MR) is 105 cm³/mol. The molecule has 0 heterocycles. The fourth-order valence-electron chi connectivity index (χ4n) is 2.97. The Balaban J connectivity index is 0. The van der Waals surface area contributed by atoms with Gasteiger partial charge in [0.1, 0.15) is 0 Å². The molecule has 0 bridgehead atoms. The molecular formula is C20H42KO4P. The molecule has 0 aliphatic rings. The summed E-state index contributed by atoms with van der Waals surface area (Å²) in [6, 6.07) is 0. The molecule has 1 unspecified atom stereocenters. The van der Waals surface area contributed by atoms with Gasteiger partial charge in [-0.2, -0.15) is 0 Å². The first-order valence-electron chi connectivity index (χ1n) is 10.6. The number of rotatable bonds is 19. The van der Waals surface area contributed by atoms with Gasteiger partial charge in [0.25, 0.3) is 7.82 Å². The van der Waals surface area contributed by atoms with E-state index in [4.69, 9.17) is 4.52 Å². The quantitative estimate of drug-likeness (QED) is 0.183. The molecule has 6 heteroatoms. The van der Waals surface area contributed by atoms with Crippen molar-refractivity contribution in [3.8, 4) is 0 Å². The summed E-state index contributed by atoms with van der Waals surface area (Å²) in [6.07, 6.45) is 18.0. The molecule has 0 fully saturated rings. The Hall–Kier alpha value is 1.75. The molecule has 0 spiro atoms. The van der Waals surface area contributed by atoms with Crippen LogP contribution in [0.1, 0.15) is 111 Å². The monoisotopic (exact) mass is 416 g/mol.